The smallest absolute Gasteiger partial charge is 0.280 e. The molecule has 8 heteroatoms. The van der Waals surface area contributed by atoms with Gasteiger partial charge in [0.1, 0.15) is 5.52 Å². The normalized spacial score (nSPS) is 11.0. The summed E-state index contributed by atoms with van der Waals surface area (Å²) in [7, 11) is 0. The second kappa shape index (κ2) is 6.94. The van der Waals surface area contributed by atoms with Gasteiger partial charge in [0.25, 0.3) is 5.91 Å². The minimum Gasteiger partial charge on any atom is -0.441 e. The summed E-state index contributed by atoms with van der Waals surface area (Å²) in [5, 5.41) is 7.52. The summed E-state index contributed by atoms with van der Waals surface area (Å²) < 4.78 is 6.94. The van der Waals surface area contributed by atoms with Crippen LogP contribution in [-0.2, 0) is 0 Å². The first kappa shape index (κ1) is 17.9. The highest BCUT2D eigenvalue weighted by Gasteiger charge is 2.16. The zero-order valence-electron chi connectivity index (χ0n) is 15.1. The summed E-state index contributed by atoms with van der Waals surface area (Å²) in [5.74, 6) is -0.0724. The summed E-state index contributed by atoms with van der Waals surface area (Å²) in [5.41, 5.74) is 2.35. The first-order chi connectivity index (χ1) is 13.4. The van der Waals surface area contributed by atoms with Crippen molar-refractivity contribution in [3.05, 3.63) is 81.1 Å². The molecule has 0 bridgehead atoms. The van der Waals surface area contributed by atoms with Crippen LogP contribution in [0.25, 0.3) is 16.8 Å². The molecule has 7 nitrogen and oxygen atoms in total. The minimum atomic E-state index is -0.604. The van der Waals surface area contributed by atoms with Gasteiger partial charge in [-0.3, -0.25) is 9.59 Å². The molecule has 0 atom stereocenters. The van der Waals surface area contributed by atoms with E-state index in [9.17, 15) is 9.59 Å². The Kier molecular flexibility index (Phi) is 4.44. The number of hydrogen-bond acceptors (Lipinski definition) is 5. The van der Waals surface area contributed by atoms with Crippen LogP contribution in [0.15, 0.2) is 57.7 Å². The number of hydrogen-bond donors (Lipinski definition) is 1. The molecule has 2 heterocycles. The summed E-state index contributed by atoms with van der Waals surface area (Å²) in [6.07, 6.45) is 0. The topological polar surface area (TPSA) is 90.0 Å². The largest absolute Gasteiger partial charge is 0.441 e. The van der Waals surface area contributed by atoms with Crippen molar-refractivity contribution in [1.82, 2.24) is 14.8 Å². The number of amides is 1. The number of oxazole rings is 1. The van der Waals surface area contributed by atoms with E-state index in [2.05, 4.69) is 15.4 Å². The predicted molar refractivity (Wildman–Crippen MR) is 106 cm³/mol. The Balaban J connectivity index is 1.68. The third kappa shape index (κ3) is 3.39. The van der Waals surface area contributed by atoms with Gasteiger partial charge in [0.05, 0.1) is 5.69 Å². The molecule has 1 amide bonds. The number of halogens is 1. The predicted octanol–water partition coefficient (Wildman–Crippen LogP) is 3.90. The lowest BCUT2D eigenvalue weighted by atomic mass is 10.2. The molecule has 2 aromatic carbocycles. The van der Waals surface area contributed by atoms with Gasteiger partial charge in [0.15, 0.2) is 17.2 Å². The quantitative estimate of drug-likeness (QED) is 0.569. The number of fused-ring (bicyclic) bond motifs is 1. The van der Waals surface area contributed by atoms with Crippen molar-refractivity contribution in [1.29, 1.82) is 0 Å². The number of aromatic nitrogens is 3. The average molecular weight is 395 g/mol. The van der Waals surface area contributed by atoms with Gasteiger partial charge in [-0.1, -0.05) is 11.6 Å². The molecular formula is C20H15ClN4O3. The Labute approximate surface area is 164 Å². The van der Waals surface area contributed by atoms with E-state index >= 15 is 0 Å². The van der Waals surface area contributed by atoms with Crippen LogP contribution < -0.4 is 10.7 Å². The number of nitrogens with zero attached hydrogens (tertiary/aromatic N) is 3. The van der Waals surface area contributed by atoms with Crippen molar-refractivity contribution < 1.29 is 9.21 Å². The molecule has 1 N–H and O–H groups in total. The molecule has 0 fully saturated rings. The Morgan fingerprint density at radius 2 is 1.86 bits per heavy atom. The second-order valence-corrected chi connectivity index (χ2v) is 6.69. The molecule has 0 aliphatic rings. The van der Waals surface area contributed by atoms with Gasteiger partial charge in [-0.05, 0) is 49.4 Å². The monoisotopic (exact) mass is 394 g/mol. The van der Waals surface area contributed by atoms with E-state index in [0.29, 0.717) is 39.1 Å². The standard InChI is InChI=1S/C20H15ClN4O3/c1-11-9-17(26)19(24-25(11)15-6-3-13(21)4-7-15)20(27)23-14-5-8-18-16(10-14)22-12(2)28-18/h3-10H,1-2H3,(H,23,27). The number of carbonyl (C=O) groups is 1. The number of aryl methyl sites for hydroxylation is 2. The zero-order chi connectivity index (χ0) is 19.8. The summed E-state index contributed by atoms with van der Waals surface area (Å²) in [6, 6.07) is 13.4. The van der Waals surface area contributed by atoms with Crippen LogP contribution in [0.3, 0.4) is 0 Å². The maximum atomic E-state index is 12.7. The summed E-state index contributed by atoms with van der Waals surface area (Å²) >= 11 is 5.92. The molecule has 28 heavy (non-hydrogen) atoms. The van der Waals surface area contributed by atoms with Gasteiger partial charge in [-0.15, -0.1) is 0 Å². The number of nitrogens with one attached hydrogen (secondary N) is 1. The number of rotatable bonds is 3. The van der Waals surface area contributed by atoms with E-state index in [0.717, 1.165) is 0 Å². The third-order valence-corrected chi connectivity index (χ3v) is 4.40. The number of carbonyl (C=O) groups excluding carboxylic acids is 1. The molecule has 4 rings (SSSR count). The molecule has 0 aliphatic heterocycles. The molecule has 0 saturated heterocycles. The molecule has 0 saturated carbocycles. The maximum absolute atomic E-state index is 12.7. The van der Waals surface area contributed by atoms with Crippen LogP contribution in [0.4, 0.5) is 5.69 Å². The van der Waals surface area contributed by atoms with Crippen LogP contribution >= 0.6 is 11.6 Å². The molecule has 0 aliphatic carbocycles. The molecular weight excluding hydrogens is 380 g/mol. The van der Waals surface area contributed by atoms with Gasteiger partial charge in [-0.2, -0.15) is 5.10 Å². The fourth-order valence-electron chi connectivity index (χ4n) is 2.86. The van der Waals surface area contributed by atoms with Gasteiger partial charge < -0.3 is 9.73 Å². The van der Waals surface area contributed by atoms with E-state index in [1.54, 1.807) is 56.3 Å². The van der Waals surface area contributed by atoms with Crippen LogP contribution in [-0.4, -0.2) is 20.7 Å². The lowest BCUT2D eigenvalue weighted by Crippen LogP contribution is -2.26. The fourth-order valence-corrected chi connectivity index (χ4v) is 2.99. The molecule has 140 valence electrons. The molecule has 0 unspecified atom stereocenters. The highest BCUT2D eigenvalue weighted by molar-refractivity contribution is 6.30. The lowest BCUT2D eigenvalue weighted by molar-refractivity contribution is 0.101. The number of benzene rings is 2. The van der Waals surface area contributed by atoms with Crippen LogP contribution in [0.2, 0.25) is 5.02 Å². The zero-order valence-corrected chi connectivity index (χ0v) is 15.8. The maximum Gasteiger partial charge on any atom is 0.280 e. The fraction of sp³-hybridized carbons (Fsp3) is 0.100. The van der Waals surface area contributed by atoms with Gasteiger partial charge in [0, 0.05) is 29.4 Å². The highest BCUT2D eigenvalue weighted by Crippen LogP contribution is 2.20. The Morgan fingerprint density at radius 3 is 2.61 bits per heavy atom. The van der Waals surface area contributed by atoms with Gasteiger partial charge in [-0.25, -0.2) is 9.67 Å². The molecule has 2 aromatic heterocycles. The molecule has 0 spiro atoms. The van der Waals surface area contributed by atoms with E-state index in [1.807, 2.05) is 0 Å². The summed E-state index contributed by atoms with van der Waals surface area (Å²) in [6.45, 7) is 3.49. The van der Waals surface area contributed by atoms with E-state index < -0.39 is 11.3 Å². The summed E-state index contributed by atoms with van der Waals surface area (Å²) in [4.78, 5) is 29.2. The van der Waals surface area contributed by atoms with Crippen molar-refractivity contribution in [2.75, 3.05) is 5.32 Å². The van der Waals surface area contributed by atoms with Crippen molar-refractivity contribution >= 4 is 34.3 Å². The van der Waals surface area contributed by atoms with Gasteiger partial charge >= 0.3 is 0 Å². The highest BCUT2D eigenvalue weighted by atomic mass is 35.5. The van der Waals surface area contributed by atoms with E-state index in [4.69, 9.17) is 16.0 Å². The SMILES string of the molecule is Cc1nc2cc(NC(=O)c3nn(-c4ccc(Cl)cc4)c(C)cc3=O)ccc2o1. The Morgan fingerprint density at radius 1 is 1.11 bits per heavy atom. The second-order valence-electron chi connectivity index (χ2n) is 6.26. The first-order valence-corrected chi connectivity index (χ1v) is 8.84. The van der Waals surface area contributed by atoms with Crippen molar-refractivity contribution in [2.45, 2.75) is 13.8 Å². The van der Waals surface area contributed by atoms with Crippen LogP contribution in [0.1, 0.15) is 22.1 Å². The van der Waals surface area contributed by atoms with Crippen LogP contribution in [0.5, 0.6) is 0 Å². The van der Waals surface area contributed by atoms with E-state index in [-0.39, 0.29) is 5.69 Å². The van der Waals surface area contributed by atoms with E-state index in [1.165, 1.54) is 10.7 Å². The van der Waals surface area contributed by atoms with Crippen LogP contribution in [0, 0.1) is 13.8 Å². The molecule has 4 aromatic rings. The third-order valence-electron chi connectivity index (χ3n) is 4.15. The van der Waals surface area contributed by atoms with Crippen molar-refractivity contribution in [2.24, 2.45) is 0 Å². The van der Waals surface area contributed by atoms with Crippen molar-refractivity contribution in [3.63, 3.8) is 0 Å². The Hall–Kier alpha value is -3.45. The van der Waals surface area contributed by atoms with Gasteiger partial charge in [0.2, 0.25) is 5.43 Å². The van der Waals surface area contributed by atoms with Crippen molar-refractivity contribution in [3.8, 4) is 5.69 Å². The minimum absolute atomic E-state index is 0.211. The number of anilines is 1. The lowest BCUT2D eigenvalue weighted by Gasteiger charge is -2.11. The Bertz CT molecular complexity index is 1260. The average Bonchev–Trinajstić information content (AvgIpc) is 3.02. The molecule has 0 radical (unpaired) electrons. The first-order valence-electron chi connectivity index (χ1n) is 8.46.